The maximum absolute atomic E-state index is 12.9. The normalized spacial score (nSPS) is 11.8. The van der Waals surface area contributed by atoms with Crippen molar-refractivity contribution in [2.24, 2.45) is 0 Å². The molecule has 1 amide bonds. The van der Waals surface area contributed by atoms with Crippen LogP contribution < -0.4 is 5.32 Å². The third-order valence-corrected chi connectivity index (χ3v) is 4.27. The van der Waals surface area contributed by atoms with Gasteiger partial charge in [0.2, 0.25) is 0 Å². The first-order chi connectivity index (χ1) is 13.8. The molecule has 0 aliphatic rings. The number of aromatic nitrogens is 2. The first-order valence-corrected chi connectivity index (χ1v) is 8.56. The van der Waals surface area contributed by atoms with Gasteiger partial charge in [-0.25, -0.2) is 0 Å². The summed E-state index contributed by atoms with van der Waals surface area (Å²) < 4.78 is 38.7. The molecule has 0 radical (unpaired) electrons. The number of hydrogen-bond donors (Lipinski definition) is 2. The molecule has 0 unspecified atom stereocenters. The van der Waals surface area contributed by atoms with Crippen molar-refractivity contribution in [2.75, 3.05) is 5.32 Å². The van der Waals surface area contributed by atoms with E-state index in [4.69, 9.17) is 11.6 Å². The topological polar surface area (TPSA) is 81.6 Å². The van der Waals surface area contributed by atoms with E-state index in [1.165, 1.54) is 12.3 Å². The minimum Gasteiger partial charge on any atom is -0.320 e. The van der Waals surface area contributed by atoms with Crippen LogP contribution in [0.1, 0.15) is 11.1 Å². The third-order valence-electron chi connectivity index (χ3n) is 3.94. The predicted octanol–water partition coefficient (Wildman–Crippen LogP) is 5.29. The zero-order chi connectivity index (χ0) is 21.0. The second kappa shape index (κ2) is 8.20. The number of amides is 1. The predicted molar refractivity (Wildman–Crippen MR) is 103 cm³/mol. The van der Waals surface area contributed by atoms with Crippen LogP contribution in [0.3, 0.4) is 0 Å². The van der Waals surface area contributed by atoms with Crippen LogP contribution in [0.15, 0.2) is 60.3 Å². The maximum atomic E-state index is 12.9. The molecule has 0 aliphatic heterocycles. The van der Waals surface area contributed by atoms with Gasteiger partial charge in [0.05, 0.1) is 28.2 Å². The Labute approximate surface area is 168 Å². The molecule has 0 saturated heterocycles. The molecule has 0 spiro atoms. The average molecular weight is 417 g/mol. The minimum absolute atomic E-state index is 0.0862. The first-order valence-electron chi connectivity index (χ1n) is 8.18. The highest BCUT2D eigenvalue weighted by Crippen LogP contribution is 2.34. The summed E-state index contributed by atoms with van der Waals surface area (Å²) in [5.74, 6) is -0.895. The minimum atomic E-state index is -4.60. The van der Waals surface area contributed by atoms with Crippen molar-refractivity contribution in [3.63, 3.8) is 0 Å². The lowest BCUT2D eigenvalue weighted by atomic mass is 10.1. The first kappa shape index (κ1) is 20.2. The Morgan fingerprint density at radius 1 is 1.21 bits per heavy atom. The highest BCUT2D eigenvalue weighted by molar-refractivity contribution is 6.34. The molecule has 0 atom stereocenters. The molecule has 0 aliphatic carbocycles. The standard InChI is InChI=1S/C20H12ClF3N4O/c21-16-7-6-15(20(22,23)24)9-17(16)27-19(29)13(10-25)8-14-11-26-28-18(14)12-4-2-1-3-5-12/h1-9,11H,(H,26,28)(H,27,29). The summed E-state index contributed by atoms with van der Waals surface area (Å²) in [6.45, 7) is 0. The fourth-order valence-electron chi connectivity index (χ4n) is 2.53. The SMILES string of the molecule is N#CC(=Cc1cn[nH]c1-c1ccccc1)C(=O)Nc1cc(C(F)(F)F)ccc1Cl. The number of nitrogens with zero attached hydrogens (tertiary/aromatic N) is 2. The third kappa shape index (κ3) is 4.65. The van der Waals surface area contributed by atoms with Crippen molar-refractivity contribution in [3.8, 4) is 17.3 Å². The summed E-state index contributed by atoms with van der Waals surface area (Å²) in [5, 5.41) is 18.2. The Hall–Kier alpha value is -3.57. The van der Waals surface area contributed by atoms with Gasteiger partial charge in [-0.3, -0.25) is 9.89 Å². The van der Waals surface area contributed by atoms with Crippen LogP contribution in [-0.4, -0.2) is 16.1 Å². The highest BCUT2D eigenvalue weighted by Gasteiger charge is 2.31. The van der Waals surface area contributed by atoms with E-state index in [0.29, 0.717) is 17.3 Å². The van der Waals surface area contributed by atoms with E-state index in [1.807, 2.05) is 30.3 Å². The van der Waals surface area contributed by atoms with Crippen molar-refractivity contribution in [2.45, 2.75) is 6.18 Å². The zero-order valence-corrected chi connectivity index (χ0v) is 15.3. The number of nitrogens with one attached hydrogen (secondary N) is 2. The molecule has 0 bridgehead atoms. The van der Waals surface area contributed by atoms with Crippen LogP contribution in [0.2, 0.25) is 5.02 Å². The van der Waals surface area contributed by atoms with E-state index >= 15 is 0 Å². The number of rotatable bonds is 4. The van der Waals surface area contributed by atoms with Crippen molar-refractivity contribution in [1.29, 1.82) is 5.26 Å². The summed E-state index contributed by atoms with van der Waals surface area (Å²) in [6, 6.07) is 13.4. The molecule has 3 aromatic rings. The van der Waals surface area contributed by atoms with Crippen LogP contribution >= 0.6 is 11.6 Å². The van der Waals surface area contributed by atoms with E-state index in [1.54, 1.807) is 6.07 Å². The second-order valence-electron chi connectivity index (χ2n) is 5.88. The Kier molecular flexibility index (Phi) is 5.71. The monoisotopic (exact) mass is 416 g/mol. The highest BCUT2D eigenvalue weighted by atomic mass is 35.5. The van der Waals surface area contributed by atoms with Crippen LogP contribution in [0.25, 0.3) is 17.3 Å². The molecule has 2 aromatic carbocycles. The number of aromatic amines is 1. The van der Waals surface area contributed by atoms with Crippen molar-refractivity contribution < 1.29 is 18.0 Å². The molecule has 146 valence electrons. The summed E-state index contributed by atoms with van der Waals surface area (Å²) in [5.41, 5.74) is 0.303. The van der Waals surface area contributed by atoms with E-state index in [0.717, 1.165) is 17.7 Å². The number of alkyl halides is 3. The number of benzene rings is 2. The number of halogens is 4. The van der Waals surface area contributed by atoms with Gasteiger partial charge in [-0.2, -0.15) is 23.5 Å². The van der Waals surface area contributed by atoms with Gasteiger partial charge in [-0.1, -0.05) is 41.9 Å². The quantitative estimate of drug-likeness (QED) is 0.447. The van der Waals surface area contributed by atoms with Crippen molar-refractivity contribution in [1.82, 2.24) is 10.2 Å². The molecule has 3 rings (SSSR count). The largest absolute Gasteiger partial charge is 0.416 e. The number of carbonyl (C=O) groups is 1. The molecule has 0 fully saturated rings. The molecule has 1 aromatic heterocycles. The van der Waals surface area contributed by atoms with Gasteiger partial charge in [-0.15, -0.1) is 0 Å². The van der Waals surface area contributed by atoms with Gasteiger partial charge in [0.25, 0.3) is 5.91 Å². The molecule has 2 N–H and O–H groups in total. The Morgan fingerprint density at radius 2 is 1.93 bits per heavy atom. The number of hydrogen-bond acceptors (Lipinski definition) is 3. The van der Waals surface area contributed by atoms with Crippen LogP contribution in [0.4, 0.5) is 18.9 Å². The molecule has 5 nitrogen and oxygen atoms in total. The molecular weight excluding hydrogens is 405 g/mol. The van der Waals surface area contributed by atoms with Crippen LogP contribution in [0.5, 0.6) is 0 Å². The van der Waals surface area contributed by atoms with Crippen LogP contribution in [0, 0.1) is 11.3 Å². The van der Waals surface area contributed by atoms with E-state index < -0.39 is 17.6 Å². The molecule has 9 heteroatoms. The van der Waals surface area contributed by atoms with E-state index in [2.05, 4.69) is 15.5 Å². The lowest BCUT2D eigenvalue weighted by Gasteiger charge is -2.11. The lowest BCUT2D eigenvalue weighted by Crippen LogP contribution is -2.15. The molecular formula is C20H12ClF3N4O. The summed E-state index contributed by atoms with van der Waals surface area (Å²) in [6.07, 6.45) is -1.87. The van der Waals surface area contributed by atoms with Crippen molar-refractivity contribution >= 4 is 29.3 Å². The van der Waals surface area contributed by atoms with Gasteiger partial charge in [-0.05, 0) is 24.3 Å². The summed E-state index contributed by atoms with van der Waals surface area (Å²) >= 11 is 5.89. The van der Waals surface area contributed by atoms with Crippen molar-refractivity contribution in [3.05, 3.63) is 76.5 Å². The summed E-state index contributed by atoms with van der Waals surface area (Å²) in [7, 11) is 0. The van der Waals surface area contributed by atoms with Gasteiger partial charge in [0, 0.05) is 11.1 Å². The molecule has 29 heavy (non-hydrogen) atoms. The molecule has 1 heterocycles. The fraction of sp³-hybridized carbons (Fsp3) is 0.0500. The Bertz CT molecular complexity index is 1110. The van der Waals surface area contributed by atoms with Crippen LogP contribution in [-0.2, 0) is 11.0 Å². The fourth-order valence-corrected chi connectivity index (χ4v) is 2.70. The second-order valence-corrected chi connectivity index (χ2v) is 6.29. The van der Waals surface area contributed by atoms with E-state index in [-0.39, 0.29) is 16.3 Å². The van der Waals surface area contributed by atoms with Gasteiger partial charge in [0.1, 0.15) is 11.6 Å². The zero-order valence-electron chi connectivity index (χ0n) is 14.6. The lowest BCUT2D eigenvalue weighted by molar-refractivity contribution is -0.137. The Morgan fingerprint density at radius 3 is 2.59 bits per heavy atom. The Balaban J connectivity index is 1.90. The number of H-pyrrole nitrogens is 1. The maximum Gasteiger partial charge on any atom is 0.416 e. The van der Waals surface area contributed by atoms with Gasteiger partial charge < -0.3 is 5.32 Å². The number of carbonyl (C=O) groups excluding carboxylic acids is 1. The average Bonchev–Trinajstić information content (AvgIpc) is 3.15. The molecule has 0 saturated carbocycles. The smallest absolute Gasteiger partial charge is 0.320 e. The van der Waals surface area contributed by atoms with Gasteiger partial charge in [0.15, 0.2) is 0 Å². The van der Waals surface area contributed by atoms with E-state index in [9.17, 15) is 23.2 Å². The number of nitriles is 1. The number of anilines is 1. The summed E-state index contributed by atoms with van der Waals surface area (Å²) in [4.78, 5) is 12.5. The van der Waals surface area contributed by atoms with Gasteiger partial charge >= 0.3 is 6.18 Å².